The minimum atomic E-state index is -0.620. The smallest absolute Gasteiger partial charge is 0.140 e. The van der Waals surface area contributed by atoms with Gasteiger partial charge in [-0.3, -0.25) is 4.79 Å². The average Bonchev–Trinajstić information content (AvgIpc) is 2.72. The predicted octanol–water partition coefficient (Wildman–Crippen LogP) is 2.61. The zero-order valence-electron chi connectivity index (χ0n) is 10.7. The fraction of sp³-hybridized carbons (Fsp3) is 0.533. The molecule has 19 heavy (non-hydrogen) atoms. The van der Waals surface area contributed by atoms with Gasteiger partial charge in [0, 0.05) is 30.0 Å². The SMILES string of the molecule is O=C(Cc1c(F)cccc1F)C1CC2CCC(C1)N2. The Balaban J connectivity index is 1.71. The Morgan fingerprint density at radius 1 is 1.16 bits per heavy atom. The summed E-state index contributed by atoms with van der Waals surface area (Å²) in [5.74, 6) is -1.31. The van der Waals surface area contributed by atoms with Crippen LogP contribution in [0.5, 0.6) is 0 Å². The maximum atomic E-state index is 13.5. The lowest BCUT2D eigenvalue weighted by Crippen LogP contribution is -2.41. The highest BCUT2D eigenvalue weighted by atomic mass is 19.1. The van der Waals surface area contributed by atoms with Crippen molar-refractivity contribution >= 4 is 5.78 Å². The van der Waals surface area contributed by atoms with Crippen molar-refractivity contribution in [1.29, 1.82) is 0 Å². The van der Waals surface area contributed by atoms with Crippen LogP contribution in [0.4, 0.5) is 8.78 Å². The molecule has 102 valence electrons. The second-order valence-electron chi connectivity index (χ2n) is 5.65. The topological polar surface area (TPSA) is 29.1 Å². The van der Waals surface area contributed by atoms with Crippen molar-refractivity contribution in [3.8, 4) is 0 Å². The van der Waals surface area contributed by atoms with Crippen LogP contribution in [-0.2, 0) is 11.2 Å². The molecule has 0 saturated carbocycles. The molecule has 2 saturated heterocycles. The molecule has 2 heterocycles. The first-order chi connectivity index (χ1) is 9.13. The highest BCUT2D eigenvalue weighted by Crippen LogP contribution is 2.32. The number of hydrogen-bond donors (Lipinski definition) is 1. The van der Waals surface area contributed by atoms with Gasteiger partial charge in [-0.15, -0.1) is 0 Å². The van der Waals surface area contributed by atoms with E-state index >= 15 is 0 Å². The highest BCUT2D eigenvalue weighted by molar-refractivity contribution is 5.83. The van der Waals surface area contributed by atoms with Crippen LogP contribution in [0.2, 0.25) is 0 Å². The normalized spacial score (nSPS) is 29.5. The van der Waals surface area contributed by atoms with Crippen LogP contribution >= 0.6 is 0 Å². The number of fused-ring (bicyclic) bond motifs is 2. The molecule has 0 aromatic heterocycles. The van der Waals surface area contributed by atoms with E-state index < -0.39 is 11.6 Å². The van der Waals surface area contributed by atoms with Gasteiger partial charge < -0.3 is 5.32 Å². The second-order valence-corrected chi connectivity index (χ2v) is 5.65. The molecule has 1 aromatic carbocycles. The number of hydrogen-bond acceptors (Lipinski definition) is 2. The van der Waals surface area contributed by atoms with E-state index in [-0.39, 0.29) is 23.7 Å². The number of rotatable bonds is 3. The number of nitrogens with one attached hydrogen (secondary N) is 1. The number of carbonyl (C=O) groups is 1. The van der Waals surface area contributed by atoms with E-state index in [0.29, 0.717) is 12.1 Å². The average molecular weight is 265 g/mol. The van der Waals surface area contributed by atoms with E-state index in [4.69, 9.17) is 0 Å². The van der Waals surface area contributed by atoms with Crippen molar-refractivity contribution in [3.63, 3.8) is 0 Å². The van der Waals surface area contributed by atoms with Crippen LogP contribution < -0.4 is 5.32 Å². The van der Waals surface area contributed by atoms with Gasteiger partial charge in [0.25, 0.3) is 0 Å². The standard InChI is InChI=1S/C15H17F2NO/c16-13-2-1-3-14(17)12(13)8-15(19)9-6-10-4-5-11(7-9)18-10/h1-3,9-11,18H,4-8H2. The van der Waals surface area contributed by atoms with Crippen molar-refractivity contribution in [1.82, 2.24) is 5.32 Å². The summed E-state index contributed by atoms with van der Waals surface area (Å²) in [6, 6.07) is 4.57. The maximum Gasteiger partial charge on any atom is 0.140 e. The fourth-order valence-electron chi connectivity index (χ4n) is 3.34. The van der Waals surface area contributed by atoms with Gasteiger partial charge in [-0.1, -0.05) is 6.07 Å². The molecule has 2 aliphatic heterocycles. The molecule has 2 bridgehead atoms. The Morgan fingerprint density at radius 3 is 2.32 bits per heavy atom. The Kier molecular flexibility index (Phi) is 3.35. The molecule has 1 aromatic rings. The van der Waals surface area contributed by atoms with E-state index in [0.717, 1.165) is 25.7 Å². The summed E-state index contributed by atoms with van der Waals surface area (Å²) in [7, 11) is 0. The first-order valence-electron chi connectivity index (χ1n) is 6.85. The quantitative estimate of drug-likeness (QED) is 0.910. The van der Waals surface area contributed by atoms with Gasteiger partial charge in [0.1, 0.15) is 17.4 Å². The third-order valence-electron chi connectivity index (χ3n) is 4.34. The molecule has 2 unspecified atom stereocenters. The van der Waals surface area contributed by atoms with Crippen molar-refractivity contribution in [2.24, 2.45) is 5.92 Å². The van der Waals surface area contributed by atoms with E-state index in [9.17, 15) is 13.6 Å². The highest BCUT2D eigenvalue weighted by Gasteiger charge is 2.36. The lowest BCUT2D eigenvalue weighted by Gasteiger charge is -2.28. The van der Waals surface area contributed by atoms with Crippen LogP contribution in [0.3, 0.4) is 0 Å². The predicted molar refractivity (Wildman–Crippen MR) is 67.7 cm³/mol. The molecule has 0 aliphatic carbocycles. The van der Waals surface area contributed by atoms with Crippen LogP contribution in [0.1, 0.15) is 31.2 Å². The van der Waals surface area contributed by atoms with Gasteiger partial charge in [-0.25, -0.2) is 8.78 Å². The second kappa shape index (κ2) is 5.00. The lowest BCUT2D eigenvalue weighted by atomic mass is 9.86. The maximum absolute atomic E-state index is 13.5. The Morgan fingerprint density at radius 2 is 1.74 bits per heavy atom. The molecule has 2 fully saturated rings. The summed E-state index contributed by atoms with van der Waals surface area (Å²) in [5, 5.41) is 3.46. The van der Waals surface area contributed by atoms with Crippen molar-refractivity contribution in [3.05, 3.63) is 35.4 Å². The molecule has 0 radical (unpaired) electrons. The minimum Gasteiger partial charge on any atom is -0.311 e. The Labute approximate surface area is 111 Å². The van der Waals surface area contributed by atoms with E-state index in [1.807, 2.05) is 0 Å². The molecule has 3 rings (SSSR count). The first-order valence-corrected chi connectivity index (χ1v) is 6.85. The van der Waals surface area contributed by atoms with Gasteiger partial charge in [0.15, 0.2) is 0 Å². The molecule has 2 aliphatic rings. The van der Waals surface area contributed by atoms with Crippen molar-refractivity contribution < 1.29 is 13.6 Å². The zero-order chi connectivity index (χ0) is 13.4. The van der Waals surface area contributed by atoms with E-state index in [1.54, 1.807) is 0 Å². The molecule has 0 spiro atoms. The summed E-state index contributed by atoms with van der Waals surface area (Å²) in [5.41, 5.74) is -0.0848. The van der Waals surface area contributed by atoms with Gasteiger partial charge in [0.2, 0.25) is 0 Å². The lowest BCUT2D eigenvalue weighted by molar-refractivity contribution is -0.123. The van der Waals surface area contributed by atoms with E-state index in [2.05, 4.69) is 5.32 Å². The van der Waals surface area contributed by atoms with Gasteiger partial charge in [0.05, 0.1) is 0 Å². The van der Waals surface area contributed by atoms with Gasteiger partial charge in [-0.2, -0.15) is 0 Å². The third-order valence-corrected chi connectivity index (χ3v) is 4.34. The third kappa shape index (κ3) is 2.54. The largest absolute Gasteiger partial charge is 0.311 e. The molecule has 1 N–H and O–H groups in total. The Hall–Kier alpha value is -1.29. The first kappa shape index (κ1) is 12.7. The van der Waals surface area contributed by atoms with Gasteiger partial charge >= 0.3 is 0 Å². The molecule has 2 nitrogen and oxygen atoms in total. The summed E-state index contributed by atoms with van der Waals surface area (Å²) < 4.78 is 27.1. The molecule has 2 atom stereocenters. The Bertz CT molecular complexity index is 471. The number of benzene rings is 1. The fourth-order valence-corrected chi connectivity index (χ4v) is 3.34. The van der Waals surface area contributed by atoms with Crippen LogP contribution in [0.15, 0.2) is 18.2 Å². The number of piperidine rings is 1. The van der Waals surface area contributed by atoms with Crippen molar-refractivity contribution in [2.75, 3.05) is 0 Å². The molecular formula is C15H17F2NO. The van der Waals surface area contributed by atoms with Crippen LogP contribution in [-0.4, -0.2) is 17.9 Å². The zero-order valence-corrected chi connectivity index (χ0v) is 10.7. The molecule has 4 heteroatoms. The number of carbonyl (C=O) groups excluding carboxylic acids is 1. The molecular weight excluding hydrogens is 248 g/mol. The number of halogens is 2. The van der Waals surface area contributed by atoms with Gasteiger partial charge in [-0.05, 0) is 37.8 Å². The summed E-state index contributed by atoms with van der Waals surface area (Å²) in [4.78, 5) is 12.2. The summed E-state index contributed by atoms with van der Waals surface area (Å²) in [6.45, 7) is 0. The van der Waals surface area contributed by atoms with Crippen LogP contribution in [0, 0.1) is 17.6 Å². The summed E-state index contributed by atoms with van der Waals surface area (Å²) >= 11 is 0. The minimum absolute atomic E-state index is 0.0256. The summed E-state index contributed by atoms with van der Waals surface area (Å²) in [6.07, 6.45) is 3.73. The number of ketones is 1. The molecule has 0 amide bonds. The van der Waals surface area contributed by atoms with E-state index in [1.165, 1.54) is 18.2 Å². The monoisotopic (exact) mass is 265 g/mol. The van der Waals surface area contributed by atoms with Crippen LogP contribution in [0.25, 0.3) is 0 Å². The number of Topliss-reactive ketones (excluding diaryl/α,β-unsaturated/α-hetero) is 1. The van der Waals surface area contributed by atoms with Crippen molar-refractivity contribution in [2.45, 2.75) is 44.2 Å².